The molecule has 0 N–H and O–H groups in total. The summed E-state index contributed by atoms with van der Waals surface area (Å²) in [7, 11) is 1.34. The molecule has 0 radical (unpaired) electrons. The Bertz CT molecular complexity index is 545. The molecule has 1 aromatic carbocycles. The van der Waals surface area contributed by atoms with Crippen molar-refractivity contribution in [2.24, 2.45) is 0 Å². The molecule has 0 saturated heterocycles. The normalized spacial score (nSPS) is 11.8. The van der Waals surface area contributed by atoms with Gasteiger partial charge in [0.25, 0.3) is 0 Å². The zero-order valence-corrected chi connectivity index (χ0v) is 9.95. The van der Waals surface area contributed by atoms with Gasteiger partial charge in [0.05, 0.1) is 12.8 Å². The minimum atomic E-state index is -0.633. The molecule has 0 aliphatic heterocycles. The molecule has 4 nitrogen and oxygen atoms in total. The predicted octanol–water partition coefficient (Wildman–Crippen LogP) is 2.06. The van der Waals surface area contributed by atoms with E-state index in [1.54, 1.807) is 22.9 Å². The highest BCUT2D eigenvalue weighted by Gasteiger charge is 2.24. The van der Waals surface area contributed by atoms with Gasteiger partial charge in [-0.15, -0.1) is 0 Å². The fourth-order valence-corrected chi connectivity index (χ4v) is 1.90. The van der Waals surface area contributed by atoms with Crippen LogP contribution in [0, 0.1) is 0 Å². The lowest BCUT2D eigenvalue weighted by molar-refractivity contribution is -0.143. The van der Waals surface area contributed by atoms with Crippen LogP contribution in [-0.4, -0.2) is 23.9 Å². The van der Waals surface area contributed by atoms with E-state index in [4.69, 9.17) is 4.74 Å². The number of esters is 1. The van der Waals surface area contributed by atoms with Gasteiger partial charge in [0, 0.05) is 6.20 Å². The van der Waals surface area contributed by atoms with Gasteiger partial charge in [-0.05, 0) is 17.7 Å². The number of benzene rings is 1. The Morgan fingerprint density at radius 2 is 1.94 bits per heavy atom. The van der Waals surface area contributed by atoms with Gasteiger partial charge in [0.15, 0.2) is 12.3 Å². The molecule has 18 heavy (non-hydrogen) atoms. The summed E-state index contributed by atoms with van der Waals surface area (Å²) in [5.74, 6) is -0.402. The summed E-state index contributed by atoms with van der Waals surface area (Å²) in [5.41, 5.74) is 1.22. The summed E-state index contributed by atoms with van der Waals surface area (Å²) in [6.07, 6.45) is 2.41. The fourth-order valence-electron chi connectivity index (χ4n) is 1.90. The van der Waals surface area contributed by atoms with Crippen LogP contribution < -0.4 is 0 Å². The van der Waals surface area contributed by atoms with Crippen molar-refractivity contribution in [2.75, 3.05) is 7.11 Å². The molecule has 1 unspecified atom stereocenters. The molecule has 2 rings (SSSR count). The van der Waals surface area contributed by atoms with Crippen LogP contribution in [0.4, 0.5) is 0 Å². The highest BCUT2D eigenvalue weighted by Crippen LogP contribution is 2.21. The van der Waals surface area contributed by atoms with Crippen LogP contribution in [0.25, 0.3) is 0 Å². The van der Waals surface area contributed by atoms with Crippen molar-refractivity contribution in [1.29, 1.82) is 0 Å². The van der Waals surface area contributed by atoms with Crippen molar-refractivity contribution in [1.82, 2.24) is 4.57 Å². The minimum absolute atomic E-state index is 0.402. The van der Waals surface area contributed by atoms with Crippen molar-refractivity contribution in [3.8, 4) is 0 Å². The number of carbonyl (C=O) groups excluding carboxylic acids is 2. The topological polar surface area (TPSA) is 48.3 Å². The number of aldehydes is 1. The monoisotopic (exact) mass is 243 g/mol. The third kappa shape index (κ3) is 2.18. The van der Waals surface area contributed by atoms with Crippen LogP contribution in [0.1, 0.15) is 22.1 Å². The van der Waals surface area contributed by atoms with E-state index in [9.17, 15) is 9.59 Å². The zero-order valence-electron chi connectivity index (χ0n) is 9.95. The van der Waals surface area contributed by atoms with Crippen molar-refractivity contribution < 1.29 is 14.3 Å². The molecular formula is C14H13NO3. The predicted molar refractivity (Wildman–Crippen MR) is 66.4 cm³/mol. The number of methoxy groups -OCH3 is 1. The third-order valence-electron chi connectivity index (χ3n) is 2.75. The number of rotatable bonds is 4. The molecule has 1 atom stereocenters. The van der Waals surface area contributed by atoms with Crippen molar-refractivity contribution >= 4 is 12.3 Å². The number of aromatic nitrogens is 1. The molecule has 1 heterocycles. The molecule has 1 aromatic heterocycles. The van der Waals surface area contributed by atoms with E-state index < -0.39 is 12.0 Å². The van der Waals surface area contributed by atoms with Crippen LogP contribution in [-0.2, 0) is 9.53 Å². The largest absolute Gasteiger partial charge is 0.467 e. The van der Waals surface area contributed by atoms with Gasteiger partial charge in [0.1, 0.15) is 0 Å². The molecule has 0 bridgehead atoms. The third-order valence-corrected chi connectivity index (χ3v) is 2.75. The Hall–Kier alpha value is -2.36. The van der Waals surface area contributed by atoms with Gasteiger partial charge >= 0.3 is 5.97 Å². The highest BCUT2D eigenvalue weighted by molar-refractivity contribution is 5.80. The first kappa shape index (κ1) is 12.1. The van der Waals surface area contributed by atoms with Gasteiger partial charge in [-0.3, -0.25) is 4.79 Å². The van der Waals surface area contributed by atoms with E-state index in [1.807, 2.05) is 30.3 Å². The maximum Gasteiger partial charge on any atom is 0.333 e. The molecule has 4 heteroatoms. The second kappa shape index (κ2) is 5.31. The first-order valence-corrected chi connectivity index (χ1v) is 5.52. The van der Waals surface area contributed by atoms with Crippen molar-refractivity contribution in [3.63, 3.8) is 0 Å². The second-order valence-corrected chi connectivity index (χ2v) is 3.79. The quantitative estimate of drug-likeness (QED) is 0.610. The lowest BCUT2D eigenvalue weighted by atomic mass is 10.1. The van der Waals surface area contributed by atoms with Crippen LogP contribution in [0.15, 0.2) is 48.7 Å². The first-order valence-electron chi connectivity index (χ1n) is 5.52. The van der Waals surface area contributed by atoms with E-state index in [1.165, 1.54) is 7.11 Å². The summed E-state index contributed by atoms with van der Waals surface area (Å²) in [6.45, 7) is 0. The first-order chi connectivity index (χ1) is 8.77. The van der Waals surface area contributed by atoms with E-state index in [0.717, 1.165) is 11.8 Å². The molecule has 0 fully saturated rings. The lowest BCUT2D eigenvalue weighted by Gasteiger charge is -2.18. The summed E-state index contributed by atoms with van der Waals surface area (Å²) >= 11 is 0. The van der Waals surface area contributed by atoms with E-state index in [0.29, 0.717) is 5.69 Å². The molecule has 0 aliphatic rings. The summed E-state index contributed by atoms with van der Waals surface area (Å²) < 4.78 is 6.42. The van der Waals surface area contributed by atoms with Crippen LogP contribution in [0.3, 0.4) is 0 Å². The van der Waals surface area contributed by atoms with Crippen molar-refractivity contribution in [2.45, 2.75) is 6.04 Å². The Morgan fingerprint density at radius 1 is 1.22 bits per heavy atom. The Labute approximate surface area is 105 Å². The minimum Gasteiger partial charge on any atom is -0.467 e. The highest BCUT2D eigenvalue weighted by atomic mass is 16.5. The Kier molecular flexibility index (Phi) is 3.57. The number of carbonyl (C=O) groups is 2. The summed E-state index contributed by atoms with van der Waals surface area (Å²) in [4.78, 5) is 22.9. The van der Waals surface area contributed by atoms with Gasteiger partial charge in [-0.25, -0.2) is 4.79 Å². The van der Waals surface area contributed by atoms with Gasteiger partial charge in [-0.2, -0.15) is 0 Å². The van der Waals surface area contributed by atoms with Gasteiger partial charge in [0.2, 0.25) is 0 Å². The molecule has 0 saturated carbocycles. The van der Waals surface area contributed by atoms with Crippen LogP contribution in [0.2, 0.25) is 0 Å². The van der Waals surface area contributed by atoms with E-state index in [2.05, 4.69) is 0 Å². The van der Waals surface area contributed by atoms with Gasteiger partial charge < -0.3 is 9.30 Å². The Balaban J connectivity index is 2.50. The lowest BCUT2D eigenvalue weighted by Crippen LogP contribution is -2.23. The summed E-state index contributed by atoms with van der Waals surface area (Å²) in [6, 6.07) is 12.0. The molecule has 0 aliphatic carbocycles. The number of hydrogen-bond donors (Lipinski definition) is 0. The maximum absolute atomic E-state index is 11.9. The van der Waals surface area contributed by atoms with Crippen LogP contribution >= 0.6 is 0 Å². The average Bonchev–Trinajstić information content (AvgIpc) is 2.88. The smallest absolute Gasteiger partial charge is 0.333 e. The summed E-state index contributed by atoms with van der Waals surface area (Å²) in [5, 5.41) is 0. The van der Waals surface area contributed by atoms with Gasteiger partial charge in [-0.1, -0.05) is 30.3 Å². The zero-order chi connectivity index (χ0) is 13.0. The molecule has 0 spiro atoms. The molecule has 0 amide bonds. The van der Waals surface area contributed by atoms with Crippen molar-refractivity contribution in [3.05, 3.63) is 59.9 Å². The molecule has 92 valence electrons. The van der Waals surface area contributed by atoms with Crippen LogP contribution in [0.5, 0.6) is 0 Å². The average molecular weight is 243 g/mol. The standard InChI is InChI=1S/C14H13NO3/c1-18-14(17)13(11-6-3-2-4-7-11)15-9-5-8-12(15)10-16/h2-10,13H,1H3. The number of ether oxygens (including phenoxy) is 1. The number of hydrogen-bond acceptors (Lipinski definition) is 3. The second-order valence-electron chi connectivity index (χ2n) is 3.79. The van der Waals surface area contributed by atoms with E-state index >= 15 is 0 Å². The Morgan fingerprint density at radius 3 is 2.56 bits per heavy atom. The molecular weight excluding hydrogens is 230 g/mol. The molecule has 2 aromatic rings. The fraction of sp³-hybridized carbons (Fsp3) is 0.143. The maximum atomic E-state index is 11.9. The van der Waals surface area contributed by atoms with E-state index in [-0.39, 0.29) is 0 Å². The number of nitrogens with zero attached hydrogens (tertiary/aromatic N) is 1. The SMILES string of the molecule is COC(=O)C(c1ccccc1)n1cccc1C=O.